The summed E-state index contributed by atoms with van der Waals surface area (Å²) in [5, 5.41) is 0. The van der Waals surface area contributed by atoms with E-state index in [1.807, 2.05) is 41.0 Å². The first-order chi connectivity index (χ1) is 10.7. The van der Waals surface area contributed by atoms with E-state index in [9.17, 15) is 9.59 Å². The summed E-state index contributed by atoms with van der Waals surface area (Å²) in [7, 11) is 0. The lowest BCUT2D eigenvalue weighted by Crippen LogP contribution is -2.43. The molecular formula is C18H24N2O2. The summed E-state index contributed by atoms with van der Waals surface area (Å²) in [5.74, 6) is 0.518. The third-order valence-corrected chi connectivity index (χ3v) is 4.92. The van der Waals surface area contributed by atoms with E-state index in [1.54, 1.807) is 0 Å². The average Bonchev–Trinajstić information content (AvgIpc) is 3.09. The Hall–Kier alpha value is -1.84. The summed E-state index contributed by atoms with van der Waals surface area (Å²) in [6.07, 6.45) is 3.87. The third-order valence-electron chi connectivity index (χ3n) is 4.92. The molecule has 0 atom stereocenters. The number of hydrogen-bond acceptors (Lipinski definition) is 2. The van der Waals surface area contributed by atoms with Gasteiger partial charge < -0.3 is 9.80 Å². The zero-order chi connectivity index (χ0) is 15.5. The van der Waals surface area contributed by atoms with Gasteiger partial charge in [0.1, 0.15) is 0 Å². The number of hydrogen-bond donors (Lipinski definition) is 0. The van der Waals surface area contributed by atoms with E-state index in [4.69, 9.17) is 0 Å². The Kier molecular flexibility index (Phi) is 4.46. The third kappa shape index (κ3) is 3.01. The molecule has 2 aliphatic heterocycles. The highest BCUT2D eigenvalue weighted by molar-refractivity contribution is 5.95. The fraction of sp³-hybridized carbons (Fsp3) is 0.556. The molecule has 0 saturated carbocycles. The van der Waals surface area contributed by atoms with Gasteiger partial charge in [-0.05, 0) is 44.2 Å². The quantitative estimate of drug-likeness (QED) is 0.842. The topological polar surface area (TPSA) is 40.6 Å². The van der Waals surface area contributed by atoms with Crippen molar-refractivity contribution in [1.82, 2.24) is 9.80 Å². The van der Waals surface area contributed by atoms with Crippen molar-refractivity contribution in [3.63, 3.8) is 0 Å². The average molecular weight is 300 g/mol. The van der Waals surface area contributed by atoms with Crippen molar-refractivity contribution in [2.45, 2.75) is 32.6 Å². The zero-order valence-corrected chi connectivity index (χ0v) is 13.3. The first kappa shape index (κ1) is 15.1. The van der Waals surface area contributed by atoms with Crippen LogP contribution in [0.4, 0.5) is 0 Å². The molecule has 2 aliphatic rings. The monoisotopic (exact) mass is 300 g/mol. The molecule has 4 heteroatoms. The van der Waals surface area contributed by atoms with Crippen LogP contribution in [-0.2, 0) is 4.79 Å². The predicted octanol–water partition coefficient (Wildman–Crippen LogP) is 2.47. The van der Waals surface area contributed by atoms with Crippen LogP contribution >= 0.6 is 0 Å². The number of likely N-dealkylation sites (tertiary alicyclic amines) is 2. The van der Waals surface area contributed by atoms with Crippen molar-refractivity contribution in [2.24, 2.45) is 5.92 Å². The number of piperidine rings is 1. The van der Waals surface area contributed by atoms with Crippen LogP contribution in [0.5, 0.6) is 0 Å². The number of benzene rings is 1. The molecule has 0 aromatic heterocycles. The van der Waals surface area contributed by atoms with Gasteiger partial charge in [0.05, 0.1) is 0 Å². The molecule has 2 fully saturated rings. The first-order valence-corrected chi connectivity index (χ1v) is 8.30. The predicted molar refractivity (Wildman–Crippen MR) is 85.6 cm³/mol. The summed E-state index contributed by atoms with van der Waals surface area (Å²) in [4.78, 5) is 28.9. The Labute approximate surface area is 132 Å². The minimum absolute atomic E-state index is 0.102. The second-order valence-electron chi connectivity index (χ2n) is 6.41. The number of amides is 2. The number of carbonyl (C=O) groups excluding carboxylic acids is 2. The molecule has 1 aromatic carbocycles. The highest BCUT2D eigenvalue weighted by atomic mass is 16.2. The van der Waals surface area contributed by atoms with Crippen LogP contribution in [0, 0.1) is 12.8 Å². The van der Waals surface area contributed by atoms with Gasteiger partial charge >= 0.3 is 0 Å². The molecule has 0 bridgehead atoms. The second-order valence-corrected chi connectivity index (χ2v) is 6.41. The maximum absolute atomic E-state index is 12.6. The number of rotatable bonds is 2. The Bertz CT molecular complexity index is 556. The van der Waals surface area contributed by atoms with E-state index >= 15 is 0 Å². The maximum Gasteiger partial charge on any atom is 0.254 e. The van der Waals surface area contributed by atoms with Crippen LogP contribution in [0.15, 0.2) is 24.3 Å². The molecule has 2 saturated heterocycles. The summed E-state index contributed by atoms with van der Waals surface area (Å²) >= 11 is 0. The second kappa shape index (κ2) is 6.51. The molecule has 4 nitrogen and oxygen atoms in total. The van der Waals surface area contributed by atoms with Gasteiger partial charge in [0.25, 0.3) is 5.91 Å². The Morgan fingerprint density at radius 3 is 2.23 bits per heavy atom. The molecule has 0 unspecified atom stereocenters. The summed E-state index contributed by atoms with van der Waals surface area (Å²) in [6, 6.07) is 7.72. The number of carbonyl (C=O) groups is 2. The van der Waals surface area contributed by atoms with Crippen LogP contribution < -0.4 is 0 Å². The van der Waals surface area contributed by atoms with Gasteiger partial charge in [-0.1, -0.05) is 18.2 Å². The van der Waals surface area contributed by atoms with Crippen molar-refractivity contribution < 1.29 is 9.59 Å². The number of nitrogens with zero attached hydrogens (tertiary/aromatic N) is 2. The number of aryl methyl sites for hydroxylation is 1. The smallest absolute Gasteiger partial charge is 0.254 e. The van der Waals surface area contributed by atoms with E-state index in [2.05, 4.69) is 0 Å². The highest BCUT2D eigenvalue weighted by Crippen LogP contribution is 2.23. The fourth-order valence-corrected chi connectivity index (χ4v) is 3.51. The highest BCUT2D eigenvalue weighted by Gasteiger charge is 2.31. The Morgan fingerprint density at radius 1 is 0.955 bits per heavy atom. The van der Waals surface area contributed by atoms with Crippen molar-refractivity contribution in [1.29, 1.82) is 0 Å². The Morgan fingerprint density at radius 2 is 1.59 bits per heavy atom. The van der Waals surface area contributed by atoms with Crippen molar-refractivity contribution in [3.8, 4) is 0 Å². The zero-order valence-electron chi connectivity index (χ0n) is 13.3. The van der Waals surface area contributed by atoms with Gasteiger partial charge in [0.2, 0.25) is 5.91 Å². The molecule has 2 amide bonds. The molecule has 118 valence electrons. The standard InChI is InChI=1S/C18H24N2O2/c1-14-6-2-3-7-16(14)18(22)20-12-8-15(9-13-20)17(21)19-10-4-5-11-19/h2-3,6-7,15H,4-5,8-13H2,1H3. The molecule has 1 aromatic rings. The van der Waals surface area contributed by atoms with Gasteiger partial charge in [-0.25, -0.2) is 0 Å². The minimum atomic E-state index is 0.102. The van der Waals surface area contributed by atoms with Crippen molar-refractivity contribution in [3.05, 3.63) is 35.4 Å². The lowest BCUT2D eigenvalue weighted by molar-refractivity contribution is -0.135. The van der Waals surface area contributed by atoms with Gasteiger partial charge in [-0.3, -0.25) is 9.59 Å². The van der Waals surface area contributed by atoms with E-state index < -0.39 is 0 Å². The molecule has 0 radical (unpaired) electrons. The molecular weight excluding hydrogens is 276 g/mol. The van der Waals surface area contributed by atoms with Crippen LogP contribution in [0.3, 0.4) is 0 Å². The van der Waals surface area contributed by atoms with Crippen LogP contribution in [0.25, 0.3) is 0 Å². The molecule has 3 rings (SSSR count). The van der Waals surface area contributed by atoms with Crippen LogP contribution in [0.1, 0.15) is 41.6 Å². The van der Waals surface area contributed by atoms with Crippen molar-refractivity contribution >= 4 is 11.8 Å². The van der Waals surface area contributed by atoms with Gasteiger partial charge in [-0.15, -0.1) is 0 Å². The largest absolute Gasteiger partial charge is 0.342 e. The molecule has 0 N–H and O–H groups in total. The summed E-state index contributed by atoms with van der Waals surface area (Å²) in [6.45, 7) is 5.19. The van der Waals surface area contributed by atoms with Gasteiger partial charge in [0, 0.05) is 37.7 Å². The fourth-order valence-electron chi connectivity index (χ4n) is 3.51. The van der Waals surface area contributed by atoms with Crippen LogP contribution in [0.2, 0.25) is 0 Å². The Balaban J connectivity index is 1.58. The molecule has 0 spiro atoms. The SMILES string of the molecule is Cc1ccccc1C(=O)N1CCC(C(=O)N2CCCC2)CC1. The lowest BCUT2D eigenvalue weighted by atomic mass is 9.94. The van der Waals surface area contributed by atoms with Gasteiger partial charge in [-0.2, -0.15) is 0 Å². The lowest BCUT2D eigenvalue weighted by Gasteiger charge is -2.33. The molecule has 0 aliphatic carbocycles. The van der Waals surface area contributed by atoms with Crippen molar-refractivity contribution in [2.75, 3.05) is 26.2 Å². The van der Waals surface area contributed by atoms with E-state index in [1.165, 1.54) is 0 Å². The van der Waals surface area contributed by atoms with Crippen LogP contribution in [-0.4, -0.2) is 47.8 Å². The maximum atomic E-state index is 12.6. The summed E-state index contributed by atoms with van der Waals surface area (Å²) < 4.78 is 0. The normalized spacial score (nSPS) is 19.5. The molecule has 22 heavy (non-hydrogen) atoms. The van der Waals surface area contributed by atoms with E-state index in [0.29, 0.717) is 19.0 Å². The summed E-state index contributed by atoms with van der Waals surface area (Å²) in [5.41, 5.74) is 1.80. The van der Waals surface area contributed by atoms with E-state index in [0.717, 1.165) is 49.9 Å². The van der Waals surface area contributed by atoms with E-state index in [-0.39, 0.29) is 11.8 Å². The first-order valence-electron chi connectivity index (χ1n) is 8.30. The van der Waals surface area contributed by atoms with Gasteiger partial charge in [0.15, 0.2) is 0 Å². The minimum Gasteiger partial charge on any atom is -0.342 e. The molecule has 2 heterocycles.